The Bertz CT molecular complexity index is 587. The van der Waals surface area contributed by atoms with Crippen LogP contribution in [0.15, 0.2) is 0 Å². The Balaban J connectivity index is 1.79. The zero-order valence-electron chi connectivity index (χ0n) is 12.8. The SMILES string of the molecule is CC(C)c1n[nH]c([C@@H]2CCCCN2Cc2nnnn2C)n1. The minimum absolute atomic E-state index is 0.274. The Labute approximate surface area is 123 Å². The molecule has 0 saturated carbocycles. The minimum atomic E-state index is 0.274. The van der Waals surface area contributed by atoms with Crippen LogP contribution < -0.4 is 0 Å². The summed E-state index contributed by atoms with van der Waals surface area (Å²) in [6, 6.07) is 0.274. The summed E-state index contributed by atoms with van der Waals surface area (Å²) in [5.74, 6) is 3.07. The first-order valence-electron chi connectivity index (χ1n) is 7.52. The van der Waals surface area contributed by atoms with Gasteiger partial charge in [-0.25, -0.2) is 9.67 Å². The molecule has 0 aliphatic carbocycles. The molecule has 21 heavy (non-hydrogen) atoms. The fourth-order valence-electron chi connectivity index (χ4n) is 2.75. The molecule has 2 aromatic heterocycles. The van der Waals surface area contributed by atoms with Gasteiger partial charge in [0.2, 0.25) is 0 Å². The number of nitrogens with zero attached hydrogens (tertiary/aromatic N) is 7. The van der Waals surface area contributed by atoms with Crippen molar-refractivity contribution in [2.75, 3.05) is 6.54 Å². The molecular formula is C13H22N8. The Morgan fingerprint density at radius 1 is 1.33 bits per heavy atom. The lowest BCUT2D eigenvalue weighted by Gasteiger charge is -2.33. The standard InChI is InChI=1S/C13H22N8/c1-9(2)12-14-13(17-16-12)10-6-4-5-7-21(10)8-11-15-18-19-20(11)3/h9-10H,4-8H2,1-3H3,(H,14,16,17)/t10-/m0/s1. The highest BCUT2D eigenvalue weighted by molar-refractivity contribution is 5.02. The maximum Gasteiger partial charge on any atom is 0.165 e. The van der Waals surface area contributed by atoms with E-state index < -0.39 is 0 Å². The number of nitrogens with one attached hydrogen (secondary N) is 1. The number of aromatic nitrogens is 7. The molecule has 114 valence electrons. The predicted octanol–water partition coefficient (Wildman–Crippen LogP) is 1.18. The summed E-state index contributed by atoms with van der Waals surface area (Å²) in [5.41, 5.74) is 0. The van der Waals surface area contributed by atoms with E-state index in [1.165, 1.54) is 12.8 Å². The third-order valence-corrected chi connectivity index (χ3v) is 4.02. The number of aryl methyl sites for hydroxylation is 1. The van der Waals surface area contributed by atoms with Gasteiger partial charge in [-0.05, 0) is 29.8 Å². The highest BCUT2D eigenvalue weighted by atomic mass is 15.5. The highest BCUT2D eigenvalue weighted by Crippen LogP contribution is 2.30. The third-order valence-electron chi connectivity index (χ3n) is 4.02. The molecule has 1 aliphatic heterocycles. The van der Waals surface area contributed by atoms with Crippen molar-refractivity contribution < 1.29 is 0 Å². The van der Waals surface area contributed by atoms with Gasteiger partial charge >= 0.3 is 0 Å². The van der Waals surface area contributed by atoms with E-state index in [-0.39, 0.29) is 6.04 Å². The van der Waals surface area contributed by atoms with Gasteiger partial charge in [-0.1, -0.05) is 20.3 Å². The maximum absolute atomic E-state index is 4.67. The maximum atomic E-state index is 4.67. The van der Waals surface area contributed by atoms with E-state index in [9.17, 15) is 0 Å². The van der Waals surface area contributed by atoms with Gasteiger partial charge in [0.1, 0.15) is 5.82 Å². The van der Waals surface area contributed by atoms with Crippen molar-refractivity contribution in [2.45, 2.75) is 51.6 Å². The molecule has 0 radical (unpaired) electrons. The predicted molar refractivity (Wildman–Crippen MR) is 76.3 cm³/mol. The second-order valence-electron chi connectivity index (χ2n) is 5.93. The second kappa shape index (κ2) is 5.88. The summed E-state index contributed by atoms with van der Waals surface area (Å²) in [5, 5.41) is 19.1. The molecule has 8 heteroatoms. The smallest absolute Gasteiger partial charge is 0.165 e. The van der Waals surface area contributed by atoms with E-state index in [4.69, 9.17) is 0 Å². The van der Waals surface area contributed by atoms with E-state index in [1.807, 2.05) is 7.05 Å². The summed E-state index contributed by atoms with van der Waals surface area (Å²) in [4.78, 5) is 7.06. The van der Waals surface area contributed by atoms with Crippen molar-refractivity contribution in [3.05, 3.63) is 17.5 Å². The summed E-state index contributed by atoms with van der Waals surface area (Å²) < 4.78 is 1.73. The average molecular weight is 290 g/mol. The van der Waals surface area contributed by atoms with E-state index in [1.54, 1.807) is 4.68 Å². The molecule has 0 aromatic carbocycles. The molecular weight excluding hydrogens is 268 g/mol. The van der Waals surface area contributed by atoms with E-state index in [0.717, 1.165) is 37.0 Å². The van der Waals surface area contributed by atoms with E-state index in [0.29, 0.717) is 5.92 Å². The molecule has 1 aliphatic rings. The fraction of sp³-hybridized carbons (Fsp3) is 0.769. The molecule has 0 spiro atoms. The van der Waals surface area contributed by atoms with Crippen LogP contribution in [0.4, 0.5) is 0 Å². The Hall–Kier alpha value is -1.83. The fourth-order valence-corrected chi connectivity index (χ4v) is 2.75. The number of hydrogen-bond acceptors (Lipinski definition) is 6. The Morgan fingerprint density at radius 3 is 2.86 bits per heavy atom. The summed E-state index contributed by atoms with van der Waals surface area (Å²) in [6.07, 6.45) is 3.51. The lowest BCUT2D eigenvalue weighted by molar-refractivity contribution is 0.129. The molecule has 1 fully saturated rings. The first-order valence-corrected chi connectivity index (χ1v) is 7.52. The van der Waals surface area contributed by atoms with Crippen molar-refractivity contribution in [2.24, 2.45) is 7.05 Å². The lowest BCUT2D eigenvalue weighted by Crippen LogP contribution is -2.34. The van der Waals surface area contributed by atoms with Crippen LogP contribution >= 0.6 is 0 Å². The lowest BCUT2D eigenvalue weighted by atomic mass is 10.0. The molecule has 1 saturated heterocycles. The number of H-pyrrole nitrogens is 1. The van der Waals surface area contributed by atoms with Crippen molar-refractivity contribution in [3.8, 4) is 0 Å². The Morgan fingerprint density at radius 2 is 2.19 bits per heavy atom. The zero-order chi connectivity index (χ0) is 14.8. The highest BCUT2D eigenvalue weighted by Gasteiger charge is 2.28. The van der Waals surface area contributed by atoms with Gasteiger partial charge in [-0.15, -0.1) is 5.10 Å². The van der Waals surface area contributed by atoms with Crippen LogP contribution in [-0.4, -0.2) is 46.8 Å². The number of hydrogen-bond donors (Lipinski definition) is 1. The summed E-state index contributed by atoms with van der Waals surface area (Å²) in [6.45, 7) is 5.99. The summed E-state index contributed by atoms with van der Waals surface area (Å²) in [7, 11) is 1.87. The molecule has 1 atom stereocenters. The summed E-state index contributed by atoms with van der Waals surface area (Å²) >= 11 is 0. The number of tetrazole rings is 1. The van der Waals surface area contributed by atoms with Gasteiger partial charge in [-0.2, -0.15) is 5.10 Å². The van der Waals surface area contributed by atoms with Crippen molar-refractivity contribution in [1.29, 1.82) is 0 Å². The van der Waals surface area contributed by atoms with Gasteiger partial charge in [0.15, 0.2) is 11.6 Å². The monoisotopic (exact) mass is 290 g/mol. The van der Waals surface area contributed by atoms with Crippen LogP contribution in [-0.2, 0) is 13.6 Å². The largest absolute Gasteiger partial charge is 0.286 e. The van der Waals surface area contributed by atoms with Crippen LogP contribution in [0.25, 0.3) is 0 Å². The topological polar surface area (TPSA) is 88.4 Å². The molecule has 8 nitrogen and oxygen atoms in total. The van der Waals surface area contributed by atoms with Crippen molar-refractivity contribution in [3.63, 3.8) is 0 Å². The van der Waals surface area contributed by atoms with Crippen molar-refractivity contribution >= 4 is 0 Å². The molecule has 3 rings (SSSR count). The molecule has 2 aromatic rings. The van der Waals surface area contributed by atoms with Crippen LogP contribution in [0, 0.1) is 0 Å². The average Bonchev–Trinajstić information content (AvgIpc) is 3.10. The second-order valence-corrected chi connectivity index (χ2v) is 5.93. The van der Waals surface area contributed by atoms with Crippen molar-refractivity contribution in [1.82, 2.24) is 40.3 Å². The Kier molecular flexibility index (Phi) is 3.96. The number of aromatic amines is 1. The quantitative estimate of drug-likeness (QED) is 0.909. The van der Waals surface area contributed by atoms with Crippen LogP contribution in [0.1, 0.15) is 62.5 Å². The zero-order valence-corrected chi connectivity index (χ0v) is 12.8. The number of likely N-dealkylation sites (tertiary alicyclic amines) is 1. The first-order chi connectivity index (χ1) is 10.1. The normalized spacial score (nSPS) is 20.3. The van der Waals surface area contributed by atoms with Crippen LogP contribution in [0.3, 0.4) is 0 Å². The molecule has 0 amide bonds. The van der Waals surface area contributed by atoms with Gasteiger partial charge in [0.05, 0.1) is 12.6 Å². The minimum Gasteiger partial charge on any atom is -0.286 e. The number of rotatable bonds is 4. The molecule has 1 N–H and O–H groups in total. The third kappa shape index (κ3) is 2.94. The van der Waals surface area contributed by atoms with Gasteiger partial charge < -0.3 is 0 Å². The van der Waals surface area contributed by atoms with Gasteiger partial charge in [0, 0.05) is 13.0 Å². The number of piperidine rings is 1. The van der Waals surface area contributed by atoms with Gasteiger partial charge in [-0.3, -0.25) is 10.00 Å². The van der Waals surface area contributed by atoms with E-state index >= 15 is 0 Å². The van der Waals surface area contributed by atoms with Crippen LogP contribution in [0.5, 0.6) is 0 Å². The van der Waals surface area contributed by atoms with E-state index in [2.05, 4.69) is 49.5 Å². The van der Waals surface area contributed by atoms with Gasteiger partial charge in [0.25, 0.3) is 0 Å². The molecule has 0 bridgehead atoms. The molecule has 0 unspecified atom stereocenters. The van der Waals surface area contributed by atoms with Crippen LogP contribution in [0.2, 0.25) is 0 Å². The molecule has 3 heterocycles. The first kappa shape index (κ1) is 14.1.